The minimum absolute atomic E-state index is 0.0596. The Morgan fingerprint density at radius 2 is 1.71 bits per heavy atom. The van der Waals surface area contributed by atoms with Crippen LogP contribution >= 0.6 is 0 Å². The minimum Gasteiger partial charge on any atom is -0.393 e. The lowest BCUT2D eigenvalue weighted by Crippen LogP contribution is -2.58. The number of fused-ring (bicyclic) bond motifs is 5. The Bertz CT molecular complexity index is 659. The highest BCUT2D eigenvalue weighted by Crippen LogP contribution is 2.67. The Labute approximate surface area is 169 Å². The van der Waals surface area contributed by atoms with Crippen LogP contribution in [0.3, 0.4) is 0 Å². The zero-order valence-corrected chi connectivity index (χ0v) is 18.1. The van der Waals surface area contributed by atoms with Crippen LogP contribution in [-0.2, 0) is 14.3 Å². The molecule has 9 unspecified atom stereocenters. The van der Waals surface area contributed by atoms with E-state index in [1.807, 2.05) is 13.8 Å². The first kappa shape index (κ1) is 19.5. The SMILES string of the molecule is CC1(C)OCC(C2CCC3C4CCC5CC(O)CCC5(C)C4C(=O)CC23C)O1. The van der Waals surface area contributed by atoms with Crippen molar-refractivity contribution in [1.29, 1.82) is 0 Å². The van der Waals surface area contributed by atoms with Crippen molar-refractivity contribution in [2.75, 3.05) is 6.61 Å². The van der Waals surface area contributed by atoms with Gasteiger partial charge in [-0.25, -0.2) is 0 Å². The molecule has 0 bridgehead atoms. The number of rotatable bonds is 1. The molecule has 1 saturated heterocycles. The van der Waals surface area contributed by atoms with Crippen molar-refractivity contribution in [3.63, 3.8) is 0 Å². The summed E-state index contributed by atoms with van der Waals surface area (Å²) < 4.78 is 12.2. The van der Waals surface area contributed by atoms with Gasteiger partial charge in [0.05, 0.1) is 18.8 Å². The Morgan fingerprint density at radius 1 is 0.964 bits per heavy atom. The summed E-state index contributed by atoms with van der Waals surface area (Å²) in [6.45, 7) is 9.44. The number of ketones is 1. The van der Waals surface area contributed by atoms with Gasteiger partial charge in [0.25, 0.3) is 0 Å². The summed E-state index contributed by atoms with van der Waals surface area (Å²) in [7, 11) is 0. The molecule has 28 heavy (non-hydrogen) atoms. The predicted molar refractivity (Wildman–Crippen MR) is 107 cm³/mol. The number of Topliss-reactive ketones (excluding diaryl/α,β-unsaturated/α-hetero) is 1. The van der Waals surface area contributed by atoms with Gasteiger partial charge in [-0.1, -0.05) is 13.8 Å². The van der Waals surface area contributed by atoms with E-state index < -0.39 is 5.79 Å². The van der Waals surface area contributed by atoms with Crippen LogP contribution in [0.15, 0.2) is 0 Å². The quantitative estimate of drug-likeness (QED) is 0.724. The molecule has 5 aliphatic rings. The van der Waals surface area contributed by atoms with Gasteiger partial charge >= 0.3 is 0 Å². The minimum atomic E-state index is -0.491. The Kier molecular flexibility index (Phi) is 4.37. The van der Waals surface area contributed by atoms with Crippen molar-refractivity contribution in [2.24, 2.45) is 40.4 Å². The fourth-order valence-electron chi connectivity index (χ4n) is 8.61. The normalized spacial score (nSPS) is 55.5. The van der Waals surface area contributed by atoms with Gasteiger partial charge in [-0.05, 0) is 93.3 Å². The summed E-state index contributed by atoms with van der Waals surface area (Å²) in [4.78, 5) is 13.7. The van der Waals surface area contributed by atoms with Gasteiger partial charge in [-0.3, -0.25) is 4.79 Å². The molecule has 0 aromatic rings. The van der Waals surface area contributed by atoms with E-state index in [-0.39, 0.29) is 29.0 Å². The number of aliphatic hydroxyl groups is 1. The Morgan fingerprint density at radius 3 is 2.43 bits per heavy atom. The number of carbonyl (C=O) groups is 1. The molecule has 1 aliphatic heterocycles. The largest absolute Gasteiger partial charge is 0.393 e. The number of ether oxygens (including phenoxy) is 2. The third-order valence-electron chi connectivity index (χ3n) is 9.87. The molecule has 0 radical (unpaired) electrons. The fourth-order valence-corrected chi connectivity index (χ4v) is 8.61. The second kappa shape index (κ2) is 6.28. The highest BCUT2D eigenvalue weighted by Gasteiger charge is 2.64. The van der Waals surface area contributed by atoms with Gasteiger partial charge in [0.1, 0.15) is 5.78 Å². The highest BCUT2D eigenvalue weighted by molar-refractivity contribution is 5.84. The van der Waals surface area contributed by atoms with E-state index in [0.29, 0.717) is 42.5 Å². The molecule has 4 aliphatic carbocycles. The van der Waals surface area contributed by atoms with E-state index in [1.165, 1.54) is 25.7 Å². The average molecular weight is 391 g/mol. The van der Waals surface area contributed by atoms with Crippen molar-refractivity contribution < 1.29 is 19.4 Å². The Hall–Kier alpha value is -0.450. The molecule has 158 valence electrons. The van der Waals surface area contributed by atoms with Crippen LogP contribution in [0, 0.1) is 40.4 Å². The van der Waals surface area contributed by atoms with Crippen molar-refractivity contribution in [3.05, 3.63) is 0 Å². The van der Waals surface area contributed by atoms with Gasteiger partial charge in [0, 0.05) is 12.3 Å². The smallest absolute Gasteiger partial charge is 0.163 e. The van der Waals surface area contributed by atoms with Crippen LogP contribution in [0.5, 0.6) is 0 Å². The summed E-state index contributed by atoms with van der Waals surface area (Å²) in [6.07, 6.45) is 8.25. The van der Waals surface area contributed by atoms with E-state index in [0.717, 1.165) is 19.3 Å². The average Bonchev–Trinajstić information content (AvgIpc) is 3.13. The second-order valence-corrected chi connectivity index (χ2v) is 11.7. The number of aliphatic hydroxyl groups excluding tert-OH is 1. The third kappa shape index (κ3) is 2.70. The lowest BCUT2D eigenvalue weighted by atomic mass is 9.44. The van der Waals surface area contributed by atoms with Crippen molar-refractivity contribution in [3.8, 4) is 0 Å². The Balaban J connectivity index is 1.43. The van der Waals surface area contributed by atoms with E-state index in [4.69, 9.17) is 9.47 Å². The maximum Gasteiger partial charge on any atom is 0.163 e. The molecule has 0 aromatic heterocycles. The van der Waals surface area contributed by atoms with Crippen LogP contribution in [0.1, 0.15) is 79.1 Å². The highest BCUT2D eigenvalue weighted by atomic mass is 16.7. The maximum atomic E-state index is 13.7. The molecule has 4 nitrogen and oxygen atoms in total. The standard InChI is InChI=1S/C24H38O4/c1-22(2)27-13-20(28-22)18-8-7-17-16-6-5-14-11-15(25)9-10-23(14,3)21(16)19(26)12-24(17,18)4/h14-18,20-21,25H,5-13H2,1-4H3. The molecule has 9 atom stereocenters. The number of hydrogen-bond donors (Lipinski definition) is 1. The van der Waals surface area contributed by atoms with Gasteiger partial charge in [0.15, 0.2) is 5.79 Å². The van der Waals surface area contributed by atoms with Gasteiger partial charge in [-0.2, -0.15) is 0 Å². The van der Waals surface area contributed by atoms with Crippen LogP contribution in [-0.4, -0.2) is 35.5 Å². The molecule has 4 saturated carbocycles. The molecular formula is C24H38O4. The molecule has 1 N–H and O–H groups in total. The summed E-state index contributed by atoms with van der Waals surface area (Å²) in [5.41, 5.74) is 0.164. The zero-order valence-electron chi connectivity index (χ0n) is 18.1. The van der Waals surface area contributed by atoms with E-state index in [2.05, 4.69) is 13.8 Å². The van der Waals surface area contributed by atoms with Crippen molar-refractivity contribution in [2.45, 2.75) is 97.1 Å². The third-order valence-corrected chi connectivity index (χ3v) is 9.87. The van der Waals surface area contributed by atoms with Crippen molar-refractivity contribution in [1.82, 2.24) is 0 Å². The molecular weight excluding hydrogens is 352 g/mol. The lowest BCUT2D eigenvalue weighted by Gasteiger charge is -2.60. The second-order valence-electron chi connectivity index (χ2n) is 11.7. The van der Waals surface area contributed by atoms with Gasteiger partial charge in [-0.15, -0.1) is 0 Å². The molecule has 5 rings (SSSR count). The van der Waals surface area contributed by atoms with Crippen LogP contribution in [0.2, 0.25) is 0 Å². The topological polar surface area (TPSA) is 55.8 Å². The van der Waals surface area contributed by atoms with Gasteiger partial charge < -0.3 is 14.6 Å². The van der Waals surface area contributed by atoms with E-state index in [1.54, 1.807) is 0 Å². The number of hydrogen-bond acceptors (Lipinski definition) is 4. The maximum absolute atomic E-state index is 13.7. The fraction of sp³-hybridized carbons (Fsp3) is 0.958. The molecule has 1 heterocycles. The molecule has 4 heteroatoms. The van der Waals surface area contributed by atoms with E-state index in [9.17, 15) is 9.90 Å². The lowest BCUT2D eigenvalue weighted by molar-refractivity contribution is -0.170. The molecule has 0 amide bonds. The predicted octanol–water partition coefficient (Wildman–Crippen LogP) is 4.34. The van der Waals surface area contributed by atoms with Crippen LogP contribution < -0.4 is 0 Å². The summed E-state index contributed by atoms with van der Waals surface area (Å²) >= 11 is 0. The van der Waals surface area contributed by atoms with Crippen LogP contribution in [0.4, 0.5) is 0 Å². The molecule has 0 spiro atoms. The summed E-state index contributed by atoms with van der Waals surface area (Å²) in [6, 6.07) is 0. The van der Waals surface area contributed by atoms with Crippen molar-refractivity contribution >= 4 is 5.78 Å². The number of carbonyl (C=O) groups excluding carboxylic acids is 1. The zero-order chi connectivity index (χ0) is 19.9. The van der Waals surface area contributed by atoms with Crippen LogP contribution in [0.25, 0.3) is 0 Å². The van der Waals surface area contributed by atoms with Gasteiger partial charge in [0.2, 0.25) is 0 Å². The first-order chi connectivity index (χ1) is 13.1. The first-order valence-corrected chi connectivity index (χ1v) is 11.7. The summed E-state index contributed by atoms with van der Waals surface area (Å²) in [5.74, 6) is 2.36. The first-order valence-electron chi connectivity index (χ1n) is 11.7. The van der Waals surface area contributed by atoms with E-state index >= 15 is 0 Å². The monoisotopic (exact) mass is 390 g/mol. The molecule has 0 aromatic carbocycles. The molecule has 5 fully saturated rings. The summed E-state index contributed by atoms with van der Waals surface area (Å²) in [5, 5.41) is 10.2.